The van der Waals surface area contributed by atoms with Gasteiger partial charge in [0, 0.05) is 36.9 Å². The van der Waals surface area contributed by atoms with Gasteiger partial charge in [0.25, 0.3) is 0 Å². The maximum Gasteiger partial charge on any atom is 0.165 e. The van der Waals surface area contributed by atoms with Gasteiger partial charge in [-0.15, -0.1) is 11.3 Å². The molecule has 10 rings (SSSR count). The van der Waals surface area contributed by atoms with Crippen molar-refractivity contribution in [2.75, 3.05) is 0 Å². The van der Waals surface area contributed by atoms with E-state index in [0.29, 0.717) is 17.5 Å². The molecule has 3 nitrogen and oxygen atoms in total. The van der Waals surface area contributed by atoms with Gasteiger partial charge in [0.1, 0.15) is 0 Å². The van der Waals surface area contributed by atoms with E-state index >= 15 is 0 Å². The fourth-order valence-corrected chi connectivity index (χ4v) is 8.23. The van der Waals surface area contributed by atoms with Crippen molar-refractivity contribution in [1.29, 1.82) is 0 Å². The summed E-state index contributed by atoms with van der Waals surface area (Å²) in [4.78, 5) is 15.6. The van der Waals surface area contributed by atoms with E-state index in [1.807, 2.05) is 0 Å². The van der Waals surface area contributed by atoms with Crippen LogP contribution in [0, 0.1) is 0 Å². The lowest BCUT2D eigenvalue weighted by Crippen LogP contribution is -2.00. The highest BCUT2D eigenvalue weighted by atomic mass is 32.1. The number of benzene rings is 8. The number of nitrogens with zero attached hydrogens (tertiary/aromatic N) is 3. The topological polar surface area (TPSA) is 38.7 Å². The molecule has 0 aliphatic carbocycles. The molecule has 2 aromatic heterocycles. The van der Waals surface area contributed by atoms with E-state index in [1.165, 1.54) is 41.9 Å². The van der Waals surface area contributed by atoms with Gasteiger partial charge in [-0.3, -0.25) is 0 Å². The maximum atomic E-state index is 5.26. The second-order valence-corrected chi connectivity index (χ2v) is 13.5. The average Bonchev–Trinajstić information content (AvgIpc) is 3.56. The van der Waals surface area contributed by atoms with Crippen molar-refractivity contribution >= 4 is 63.8 Å². The smallest absolute Gasteiger partial charge is 0.165 e. The molecular formula is C45H27N3S. The van der Waals surface area contributed by atoms with Crippen molar-refractivity contribution in [3.8, 4) is 45.3 Å². The lowest BCUT2D eigenvalue weighted by molar-refractivity contribution is 1.08. The van der Waals surface area contributed by atoms with Gasteiger partial charge in [0.2, 0.25) is 0 Å². The first kappa shape index (κ1) is 27.8. The molecule has 0 radical (unpaired) electrons. The van der Waals surface area contributed by atoms with Crippen molar-refractivity contribution in [3.05, 3.63) is 164 Å². The Morgan fingerprint density at radius 2 is 0.857 bits per heavy atom. The Labute approximate surface area is 286 Å². The van der Waals surface area contributed by atoms with Crippen molar-refractivity contribution in [2.45, 2.75) is 0 Å². The van der Waals surface area contributed by atoms with Crippen LogP contribution in [0.4, 0.5) is 0 Å². The zero-order valence-electron chi connectivity index (χ0n) is 26.3. The number of rotatable bonds is 4. The Balaban J connectivity index is 1.21. The molecule has 0 bridgehead atoms. The molecule has 10 aromatic rings. The van der Waals surface area contributed by atoms with E-state index in [0.717, 1.165) is 38.4 Å². The zero-order chi connectivity index (χ0) is 32.3. The van der Waals surface area contributed by atoms with Crippen LogP contribution in [0.2, 0.25) is 0 Å². The summed E-state index contributed by atoms with van der Waals surface area (Å²) in [5.74, 6) is 1.99. The number of hydrogen-bond acceptors (Lipinski definition) is 4. The summed E-state index contributed by atoms with van der Waals surface area (Å²) in [5, 5.41) is 9.52. The van der Waals surface area contributed by atoms with E-state index in [2.05, 4.69) is 164 Å². The van der Waals surface area contributed by atoms with Crippen LogP contribution in [0.5, 0.6) is 0 Å². The second kappa shape index (κ2) is 11.2. The predicted molar refractivity (Wildman–Crippen MR) is 207 cm³/mol. The van der Waals surface area contributed by atoms with Gasteiger partial charge < -0.3 is 0 Å². The fourth-order valence-electron chi connectivity index (χ4n) is 7.01. The lowest BCUT2D eigenvalue weighted by atomic mass is 9.96. The van der Waals surface area contributed by atoms with Crippen LogP contribution in [0.15, 0.2) is 164 Å². The summed E-state index contributed by atoms with van der Waals surface area (Å²) < 4.78 is 2.44. The van der Waals surface area contributed by atoms with Crippen LogP contribution >= 0.6 is 11.3 Å². The number of thiophene rings is 1. The van der Waals surface area contributed by atoms with Crippen molar-refractivity contribution in [2.24, 2.45) is 0 Å². The highest BCUT2D eigenvalue weighted by molar-refractivity contribution is 7.26. The third-order valence-corrected chi connectivity index (χ3v) is 10.7. The average molecular weight is 642 g/mol. The third-order valence-electron chi connectivity index (χ3n) is 9.49. The number of fused-ring (bicyclic) bond motifs is 6. The molecule has 0 atom stereocenters. The Morgan fingerprint density at radius 3 is 1.65 bits per heavy atom. The van der Waals surface area contributed by atoms with E-state index in [1.54, 1.807) is 11.3 Å². The molecule has 0 amide bonds. The highest BCUT2D eigenvalue weighted by Gasteiger charge is 2.18. The standard InChI is InChI=1S/C45H27N3S/c1-3-11-31-25-33(22-19-28(31)9-1)34-23-21-30-13-7-16-38(40(30)27-34)44-46-43(35-24-20-29-10-2-4-12-32(29)26-35)47-45(48-44)39-17-8-15-37-36-14-5-6-18-41(36)49-42(37)39/h1-27H. The molecular weight excluding hydrogens is 615 g/mol. The highest BCUT2D eigenvalue weighted by Crippen LogP contribution is 2.40. The lowest BCUT2D eigenvalue weighted by Gasteiger charge is -2.12. The van der Waals surface area contributed by atoms with E-state index in [9.17, 15) is 0 Å². The van der Waals surface area contributed by atoms with Crippen LogP contribution < -0.4 is 0 Å². The Morgan fingerprint density at radius 1 is 0.327 bits per heavy atom. The second-order valence-electron chi connectivity index (χ2n) is 12.5. The molecule has 49 heavy (non-hydrogen) atoms. The predicted octanol–water partition coefficient (Wildman–Crippen LogP) is 12.4. The molecule has 0 unspecified atom stereocenters. The van der Waals surface area contributed by atoms with Crippen molar-refractivity contribution in [3.63, 3.8) is 0 Å². The molecule has 0 N–H and O–H groups in total. The minimum atomic E-state index is 0.659. The van der Waals surface area contributed by atoms with Crippen LogP contribution in [-0.2, 0) is 0 Å². The molecule has 2 heterocycles. The molecule has 0 saturated heterocycles. The molecule has 0 aliphatic heterocycles. The SMILES string of the molecule is c1ccc2cc(-c3ccc4cccc(-c5nc(-c6ccc7ccccc7c6)nc(-c6cccc7c6sc6ccccc67)n5)c4c3)ccc2c1. The zero-order valence-corrected chi connectivity index (χ0v) is 27.2. The minimum Gasteiger partial charge on any atom is -0.208 e. The van der Waals surface area contributed by atoms with Gasteiger partial charge in [0.15, 0.2) is 17.5 Å². The fraction of sp³-hybridized carbons (Fsp3) is 0. The molecule has 0 saturated carbocycles. The molecule has 8 aromatic carbocycles. The van der Waals surface area contributed by atoms with Gasteiger partial charge in [-0.1, -0.05) is 133 Å². The van der Waals surface area contributed by atoms with E-state index < -0.39 is 0 Å². The van der Waals surface area contributed by atoms with Crippen LogP contribution in [0.3, 0.4) is 0 Å². The van der Waals surface area contributed by atoms with Crippen LogP contribution in [-0.4, -0.2) is 15.0 Å². The van der Waals surface area contributed by atoms with Crippen LogP contribution in [0.25, 0.3) is 97.8 Å². The largest absolute Gasteiger partial charge is 0.208 e. The first-order valence-corrected chi connectivity index (χ1v) is 17.3. The van der Waals surface area contributed by atoms with E-state index in [4.69, 9.17) is 15.0 Å². The summed E-state index contributed by atoms with van der Waals surface area (Å²) in [6.07, 6.45) is 0. The quantitative estimate of drug-likeness (QED) is 0.192. The third kappa shape index (κ3) is 4.76. The minimum absolute atomic E-state index is 0.659. The van der Waals surface area contributed by atoms with Crippen LogP contribution in [0.1, 0.15) is 0 Å². The van der Waals surface area contributed by atoms with Gasteiger partial charge >= 0.3 is 0 Å². The Kier molecular flexibility index (Phi) is 6.36. The summed E-state index contributed by atoms with van der Waals surface area (Å²) in [5.41, 5.74) is 5.30. The molecule has 4 heteroatoms. The number of aromatic nitrogens is 3. The van der Waals surface area contributed by atoms with Crippen molar-refractivity contribution in [1.82, 2.24) is 15.0 Å². The van der Waals surface area contributed by atoms with Gasteiger partial charge in [-0.25, -0.2) is 15.0 Å². The molecule has 0 spiro atoms. The van der Waals surface area contributed by atoms with Gasteiger partial charge in [-0.05, 0) is 73.8 Å². The molecule has 0 aliphatic rings. The summed E-state index contributed by atoms with van der Waals surface area (Å²) in [6.45, 7) is 0. The summed E-state index contributed by atoms with van der Waals surface area (Å²) >= 11 is 1.79. The normalized spacial score (nSPS) is 11.7. The molecule has 228 valence electrons. The monoisotopic (exact) mass is 641 g/mol. The molecule has 0 fully saturated rings. The number of hydrogen-bond donors (Lipinski definition) is 0. The summed E-state index contributed by atoms with van der Waals surface area (Å²) in [7, 11) is 0. The Bertz CT molecular complexity index is 2900. The summed E-state index contributed by atoms with van der Waals surface area (Å²) in [6, 6.07) is 58.1. The van der Waals surface area contributed by atoms with Crippen molar-refractivity contribution < 1.29 is 0 Å². The Hall–Kier alpha value is -6.23. The van der Waals surface area contributed by atoms with E-state index in [-0.39, 0.29) is 0 Å². The van der Waals surface area contributed by atoms with Gasteiger partial charge in [0.05, 0.1) is 0 Å². The maximum absolute atomic E-state index is 5.26. The first-order chi connectivity index (χ1) is 24.2. The van der Waals surface area contributed by atoms with Gasteiger partial charge in [-0.2, -0.15) is 0 Å². The first-order valence-electron chi connectivity index (χ1n) is 16.4.